The summed E-state index contributed by atoms with van der Waals surface area (Å²) in [6.07, 6.45) is 3.82. The number of rotatable bonds is 1. The van der Waals surface area contributed by atoms with Gasteiger partial charge in [-0.15, -0.1) is 0 Å². The quantitative estimate of drug-likeness (QED) is 0.746. The Labute approximate surface area is 113 Å². The Morgan fingerprint density at radius 3 is 2.83 bits per heavy atom. The van der Waals surface area contributed by atoms with Crippen LogP contribution in [0.3, 0.4) is 0 Å². The predicted octanol–water partition coefficient (Wildman–Crippen LogP) is 3.59. The zero-order chi connectivity index (χ0) is 12.7. The van der Waals surface area contributed by atoms with Gasteiger partial charge in [0, 0.05) is 46.1 Å². The lowest BCUT2D eigenvalue weighted by molar-refractivity contribution is 0.969. The first-order valence-corrected chi connectivity index (χ1v) is 6.41. The molecule has 2 heterocycles. The fourth-order valence-electron chi connectivity index (χ4n) is 2.16. The zero-order valence-corrected chi connectivity index (χ0v) is 11.5. The largest absolute Gasteiger partial charge is 0.399 e. The van der Waals surface area contributed by atoms with E-state index in [1.165, 1.54) is 10.9 Å². The molecule has 4 heteroatoms. The molecule has 0 aliphatic rings. The van der Waals surface area contributed by atoms with E-state index in [-0.39, 0.29) is 0 Å². The zero-order valence-electron chi connectivity index (χ0n) is 9.89. The van der Waals surface area contributed by atoms with Crippen molar-refractivity contribution in [2.45, 2.75) is 0 Å². The van der Waals surface area contributed by atoms with Gasteiger partial charge < -0.3 is 10.3 Å². The van der Waals surface area contributed by atoms with Gasteiger partial charge in [-0.2, -0.15) is 0 Å². The fraction of sp³-hybridized carbons (Fsp3) is 0.0714. The van der Waals surface area contributed by atoms with E-state index in [0.717, 1.165) is 21.4 Å². The normalized spacial score (nSPS) is 11.0. The lowest BCUT2D eigenvalue weighted by Crippen LogP contribution is -1.87. The van der Waals surface area contributed by atoms with Gasteiger partial charge in [0.1, 0.15) is 0 Å². The van der Waals surface area contributed by atoms with E-state index in [2.05, 4.69) is 43.8 Å². The lowest BCUT2D eigenvalue weighted by atomic mass is 10.1. The van der Waals surface area contributed by atoms with Gasteiger partial charge in [-0.05, 0) is 24.3 Å². The molecule has 0 atom stereocenters. The van der Waals surface area contributed by atoms with Crippen molar-refractivity contribution < 1.29 is 0 Å². The molecule has 0 fully saturated rings. The number of anilines is 1. The molecule has 1 aromatic carbocycles. The molecule has 2 aromatic heterocycles. The van der Waals surface area contributed by atoms with Crippen molar-refractivity contribution in [3.63, 3.8) is 0 Å². The first-order chi connectivity index (χ1) is 8.65. The number of fused-ring (bicyclic) bond motifs is 1. The van der Waals surface area contributed by atoms with E-state index < -0.39 is 0 Å². The van der Waals surface area contributed by atoms with Crippen molar-refractivity contribution in [1.82, 2.24) is 9.55 Å². The second kappa shape index (κ2) is 4.14. The summed E-state index contributed by atoms with van der Waals surface area (Å²) < 4.78 is 3.17. The Morgan fingerprint density at radius 1 is 1.22 bits per heavy atom. The predicted molar refractivity (Wildman–Crippen MR) is 78.3 cm³/mol. The molecule has 90 valence electrons. The third-order valence-corrected chi connectivity index (χ3v) is 3.51. The van der Waals surface area contributed by atoms with E-state index >= 15 is 0 Å². The van der Waals surface area contributed by atoms with Gasteiger partial charge in [0.2, 0.25) is 0 Å². The summed E-state index contributed by atoms with van der Waals surface area (Å²) in [7, 11) is 2.03. The molecule has 3 nitrogen and oxygen atoms in total. The third kappa shape index (κ3) is 1.78. The fourth-order valence-corrected chi connectivity index (χ4v) is 2.50. The van der Waals surface area contributed by atoms with Crippen LogP contribution in [0.4, 0.5) is 5.69 Å². The summed E-state index contributed by atoms with van der Waals surface area (Å²) in [6, 6.07) is 9.94. The first kappa shape index (κ1) is 11.3. The Balaban J connectivity index is 2.30. The first-order valence-electron chi connectivity index (χ1n) is 5.61. The Hall–Kier alpha value is -1.81. The number of nitrogens with two attached hydrogens (primary N) is 1. The van der Waals surface area contributed by atoms with Crippen LogP contribution in [0.1, 0.15) is 0 Å². The van der Waals surface area contributed by atoms with E-state index in [1.807, 2.05) is 19.2 Å². The number of pyridine rings is 1. The summed E-state index contributed by atoms with van der Waals surface area (Å²) in [5.41, 5.74) is 9.73. The molecule has 0 aliphatic carbocycles. The average molecular weight is 302 g/mol. The summed E-state index contributed by atoms with van der Waals surface area (Å²) >= 11 is 3.49. The molecule has 3 aromatic rings. The van der Waals surface area contributed by atoms with Crippen LogP contribution in [0.2, 0.25) is 0 Å². The smallest absolute Gasteiger partial charge is 0.0743 e. The molecule has 0 spiro atoms. The molecule has 0 saturated heterocycles. The standard InChI is InChI=1S/C14H12BrN3/c1-18-8-12(13-7-10(16)4-5-17-13)11-3-2-9(15)6-14(11)18/h2-8H,1H3,(H2,16,17). The minimum Gasteiger partial charge on any atom is -0.399 e. The Kier molecular flexibility index (Phi) is 2.59. The SMILES string of the molecule is Cn1cc(-c2cc(N)ccn2)c2ccc(Br)cc21. The highest BCUT2D eigenvalue weighted by Crippen LogP contribution is 2.31. The van der Waals surface area contributed by atoms with Gasteiger partial charge in [-0.1, -0.05) is 22.0 Å². The molecule has 0 radical (unpaired) electrons. The monoisotopic (exact) mass is 301 g/mol. The van der Waals surface area contributed by atoms with E-state index in [9.17, 15) is 0 Å². The number of nitrogens with zero attached hydrogens (tertiary/aromatic N) is 2. The number of aromatic nitrogens is 2. The highest BCUT2D eigenvalue weighted by molar-refractivity contribution is 9.10. The molecule has 3 rings (SSSR count). The maximum atomic E-state index is 5.82. The highest BCUT2D eigenvalue weighted by atomic mass is 79.9. The van der Waals surface area contributed by atoms with Crippen molar-refractivity contribution in [2.75, 3.05) is 5.73 Å². The molecule has 2 N–H and O–H groups in total. The number of aryl methyl sites for hydroxylation is 1. The van der Waals surface area contributed by atoms with E-state index in [4.69, 9.17) is 5.73 Å². The molecule has 0 saturated carbocycles. The van der Waals surface area contributed by atoms with Crippen molar-refractivity contribution in [3.05, 3.63) is 47.2 Å². The number of nitrogen functional groups attached to an aromatic ring is 1. The van der Waals surface area contributed by atoms with Crippen molar-refractivity contribution in [2.24, 2.45) is 7.05 Å². The topological polar surface area (TPSA) is 43.8 Å². The van der Waals surface area contributed by atoms with Crippen LogP contribution in [-0.4, -0.2) is 9.55 Å². The third-order valence-electron chi connectivity index (χ3n) is 3.01. The van der Waals surface area contributed by atoms with Gasteiger partial charge >= 0.3 is 0 Å². The highest BCUT2D eigenvalue weighted by Gasteiger charge is 2.10. The Morgan fingerprint density at radius 2 is 2.06 bits per heavy atom. The van der Waals surface area contributed by atoms with Gasteiger partial charge in [-0.25, -0.2) is 0 Å². The molecular formula is C14H12BrN3. The van der Waals surface area contributed by atoms with Gasteiger partial charge in [-0.3, -0.25) is 4.98 Å². The number of halogens is 1. The van der Waals surface area contributed by atoms with Gasteiger partial charge in [0.25, 0.3) is 0 Å². The van der Waals surface area contributed by atoms with Crippen molar-refractivity contribution in [3.8, 4) is 11.3 Å². The Bertz CT molecular complexity index is 731. The maximum absolute atomic E-state index is 5.82. The van der Waals surface area contributed by atoms with Crippen LogP contribution in [0, 0.1) is 0 Å². The van der Waals surface area contributed by atoms with Crippen LogP contribution in [0.15, 0.2) is 47.2 Å². The van der Waals surface area contributed by atoms with Crippen LogP contribution in [-0.2, 0) is 7.05 Å². The number of benzene rings is 1. The molecule has 0 bridgehead atoms. The minimum absolute atomic E-state index is 0.731. The number of hydrogen-bond acceptors (Lipinski definition) is 2. The molecule has 0 aliphatic heterocycles. The summed E-state index contributed by atoms with van der Waals surface area (Å²) in [4.78, 5) is 4.39. The molecule has 0 unspecified atom stereocenters. The maximum Gasteiger partial charge on any atom is 0.0743 e. The molecular weight excluding hydrogens is 290 g/mol. The molecule has 0 amide bonds. The average Bonchev–Trinajstić information content (AvgIpc) is 2.67. The van der Waals surface area contributed by atoms with Gasteiger partial charge in [0.05, 0.1) is 5.69 Å². The van der Waals surface area contributed by atoms with E-state index in [1.54, 1.807) is 12.3 Å². The van der Waals surface area contributed by atoms with Gasteiger partial charge in [0.15, 0.2) is 0 Å². The summed E-state index contributed by atoms with van der Waals surface area (Å²) in [5, 5.41) is 1.18. The minimum atomic E-state index is 0.731. The summed E-state index contributed by atoms with van der Waals surface area (Å²) in [6.45, 7) is 0. The van der Waals surface area contributed by atoms with Crippen LogP contribution >= 0.6 is 15.9 Å². The molecule has 18 heavy (non-hydrogen) atoms. The van der Waals surface area contributed by atoms with E-state index in [0.29, 0.717) is 0 Å². The van der Waals surface area contributed by atoms with Crippen molar-refractivity contribution in [1.29, 1.82) is 0 Å². The number of hydrogen-bond donors (Lipinski definition) is 1. The second-order valence-electron chi connectivity index (χ2n) is 4.29. The summed E-state index contributed by atoms with van der Waals surface area (Å²) in [5.74, 6) is 0. The lowest BCUT2D eigenvalue weighted by Gasteiger charge is -2.00. The van der Waals surface area contributed by atoms with Crippen LogP contribution in [0.25, 0.3) is 22.2 Å². The van der Waals surface area contributed by atoms with Crippen LogP contribution < -0.4 is 5.73 Å². The van der Waals surface area contributed by atoms with Crippen molar-refractivity contribution >= 4 is 32.5 Å². The van der Waals surface area contributed by atoms with Crippen LogP contribution in [0.5, 0.6) is 0 Å². The second-order valence-corrected chi connectivity index (χ2v) is 5.21.